The number of amides is 1. The van der Waals surface area contributed by atoms with Crippen LogP contribution in [0, 0.1) is 6.92 Å². The second-order valence-corrected chi connectivity index (χ2v) is 5.72. The number of carboxylic acids is 1. The van der Waals surface area contributed by atoms with Crippen LogP contribution in [-0.4, -0.2) is 32.7 Å². The Morgan fingerprint density at radius 1 is 1.08 bits per heavy atom. The minimum Gasteiger partial charge on any atom is -0.545 e. The van der Waals surface area contributed by atoms with Crippen LogP contribution in [0.2, 0.25) is 5.02 Å². The zero-order valence-electron chi connectivity index (χ0n) is 14.4. The Hall–Kier alpha value is -2.93. The molecule has 2 aromatic carbocycles. The Kier molecular flexibility index (Phi) is 6.30. The summed E-state index contributed by atoms with van der Waals surface area (Å²) in [5.41, 5.74) is 0.551. The molecular weight excluding hydrogens is 362 g/mol. The van der Waals surface area contributed by atoms with Crippen LogP contribution in [0.4, 0.5) is 5.69 Å². The standard InChI is InChI=1S/C18H18ClNO6/c1-10-6-11(19)4-5-14(10)26-9-17(21)20-13-8-16(25-3)15(24-2)7-12(13)18(22)23/h4-8H,9H2,1-3H3,(H,20,21)(H,22,23)/p-1. The summed E-state index contributed by atoms with van der Waals surface area (Å²) in [6.07, 6.45) is 0. The normalized spacial score (nSPS) is 10.2. The van der Waals surface area contributed by atoms with Gasteiger partial charge in [0.25, 0.3) is 5.91 Å². The molecule has 0 fully saturated rings. The molecule has 0 saturated heterocycles. The maximum Gasteiger partial charge on any atom is 0.262 e. The monoisotopic (exact) mass is 378 g/mol. The summed E-state index contributed by atoms with van der Waals surface area (Å²) in [4.78, 5) is 23.5. The van der Waals surface area contributed by atoms with Crippen LogP contribution in [0.1, 0.15) is 15.9 Å². The van der Waals surface area contributed by atoms with E-state index in [1.54, 1.807) is 25.1 Å². The van der Waals surface area contributed by atoms with Crippen LogP contribution in [0.15, 0.2) is 30.3 Å². The third-order valence-electron chi connectivity index (χ3n) is 3.51. The average molecular weight is 379 g/mol. The quantitative estimate of drug-likeness (QED) is 0.792. The van der Waals surface area contributed by atoms with E-state index in [2.05, 4.69) is 5.32 Å². The van der Waals surface area contributed by atoms with E-state index in [-0.39, 0.29) is 29.4 Å². The van der Waals surface area contributed by atoms with Crippen LogP contribution < -0.4 is 24.6 Å². The van der Waals surface area contributed by atoms with Crippen LogP contribution in [0.3, 0.4) is 0 Å². The van der Waals surface area contributed by atoms with Gasteiger partial charge >= 0.3 is 0 Å². The fourth-order valence-corrected chi connectivity index (χ4v) is 2.48. The van der Waals surface area contributed by atoms with Crippen molar-refractivity contribution in [3.05, 3.63) is 46.5 Å². The SMILES string of the molecule is COc1cc(NC(=O)COc2ccc(Cl)cc2C)c(C(=O)[O-])cc1OC. The molecule has 0 aliphatic carbocycles. The van der Waals surface area contributed by atoms with Crippen molar-refractivity contribution in [2.45, 2.75) is 6.92 Å². The number of aryl methyl sites for hydroxylation is 1. The molecule has 1 N–H and O–H groups in total. The maximum absolute atomic E-state index is 12.1. The fourth-order valence-electron chi connectivity index (χ4n) is 2.26. The van der Waals surface area contributed by atoms with Crippen molar-refractivity contribution in [1.29, 1.82) is 0 Å². The number of halogens is 1. The number of rotatable bonds is 7. The summed E-state index contributed by atoms with van der Waals surface area (Å²) >= 11 is 5.87. The van der Waals surface area contributed by atoms with Crippen molar-refractivity contribution in [2.24, 2.45) is 0 Å². The lowest BCUT2D eigenvalue weighted by Gasteiger charge is -2.16. The first kappa shape index (κ1) is 19.4. The number of carbonyl (C=O) groups is 2. The molecule has 7 nitrogen and oxygen atoms in total. The number of carboxylic acid groups (broad SMARTS) is 1. The van der Waals surface area contributed by atoms with Gasteiger partial charge in [-0.05, 0) is 36.8 Å². The first-order valence-electron chi connectivity index (χ1n) is 7.52. The van der Waals surface area contributed by atoms with Gasteiger partial charge in [0.1, 0.15) is 5.75 Å². The molecule has 0 radical (unpaired) electrons. The second kappa shape index (κ2) is 8.44. The van der Waals surface area contributed by atoms with E-state index in [0.717, 1.165) is 5.56 Å². The van der Waals surface area contributed by atoms with Gasteiger partial charge in [0.05, 0.1) is 25.9 Å². The van der Waals surface area contributed by atoms with Crippen LogP contribution in [0.5, 0.6) is 17.2 Å². The molecule has 0 unspecified atom stereocenters. The van der Waals surface area contributed by atoms with Gasteiger partial charge in [-0.15, -0.1) is 0 Å². The Balaban J connectivity index is 2.16. The van der Waals surface area contributed by atoms with Gasteiger partial charge in [0.15, 0.2) is 18.1 Å². The predicted molar refractivity (Wildman–Crippen MR) is 94.2 cm³/mol. The summed E-state index contributed by atoms with van der Waals surface area (Å²) in [6.45, 7) is 1.48. The molecule has 0 spiro atoms. The van der Waals surface area contributed by atoms with Gasteiger partial charge in [-0.1, -0.05) is 11.6 Å². The predicted octanol–water partition coefficient (Wildman–Crippen LogP) is 2.05. The van der Waals surface area contributed by atoms with Crippen molar-refractivity contribution in [2.75, 3.05) is 26.1 Å². The number of hydrogen-bond donors (Lipinski definition) is 1. The highest BCUT2D eigenvalue weighted by atomic mass is 35.5. The lowest BCUT2D eigenvalue weighted by Crippen LogP contribution is -2.26. The van der Waals surface area contributed by atoms with E-state index >= 15 is 0 Å². The zero-order chi connectivity index (χ0) is 19.3. The Bertz CT molecular complexity index is 837. The smallest absolute Gasteiger partial charge is 0.262 e. The largest absolute Gasteiger partial charge is 0.545 e. The van der Waals surface area contributed by atoms with Crippen LogP contribution >= 0.6 is 11.6 Å². The van der Waals surface area contributed by atoms with E-state index in [1.165, 1.54) is 26.4 Å². The van der Waals surface area contributed by atoms with E-state index in [1.807, 2.05) is 0 Å². The summed E-state index contributed by atoms with van der Waals surface area (Å²) in [5.74, 6) is -1.04. The highest BCUT2D eigenvalue weighted by Crippen LogP contribution is 2.33. The number of methoxy groups -OCH3 is 2. The minimum absolute atomic E-state index is 0.0177. The van der Waals surface area contributed by atoms with E-state index in [9.17, 15) is 14.7 Å². The molecule has 2 rings (SSSR count). The van der Waals surface area contributed by atoms with Crippen molar-refractivity contribution < 1.29 is 28.9 Å². The first-order valence-corrected chi connectivity index (χ1v) is 7.89. The summed E-state index contributed by atoms with van der Waals surface area (Å²) < 4.78 is 15.6. The Labute approximate surface area is 155 Å². The van der Waals surface area contributed by atoms with Gasteiger partial charge in [0.2, 0.25) is 0 Å². The molecule has 0 aliphatic rings. The lowest BCUT2D eigenvalue weighted by molar-refractivity contribution is -0.254. The highest BCUT2D eigenvalue weighted by molar-refractivity contribution is 6.30. The molecule has 2 aromatic rings. The molecule has 0 aromatic heterocycles. The van der Waals surface area contributed by atoms with Crippen LogP contribution in [0.25, 0.3) is 0 Å². The molecule has 0 atom stereocenters. The molecule has 1 amide bonds. The summed E-state index contributed by atoms with van der Waals surface area (Å²) in [7, 11) is 2.77. The van der Waals surface area contributed by atoms with Gasteiger partial charge in [0, 0.05) is 16.7 Å². The first-order chi connectivity index (χ1) is 12.3. The molecule has 0 aliphatic heterocycles. The van der Waals surface area contributed by atoms with Gasteiger partial charge in [-0.3, -0.25) is 4.79 Å². The minimum atomic E-state index is -1.46. The van der Waals surface area contributed by atoms with Crippen molar-refractivity contribution in [3.8, 4) is 17.2 Å². The molecule has 0 bridgehead atoms. The van der Waals surface area contributed by atoms with E-state index in [4.69, 9.17) is 25.8 Å². The number of nitrogens with one attached hydrogen (secondary N) is 1. The number of anilines is 1. The number of benzene rings is 2. The third kappa shape index (κ3) is 4.58. The van der Waals surface area contributed by atoms with Crippen molar-refractivity contribution in [3.63, 3.8) is 0 Å². The van der Waals surface area contributed by atoms with Crippen molar-refractivity contribution >= 4 is 29.2 Å². The lowest BCUT2D eigenvalue weighted by atomic mass is 10.1. The molecular formula is C18H17ClNO6-. The summed E-state index contributed by atoms with van der Waals surface area (Å²) in [6, 6.07) is 7.55. The zero-order valence-corrected chi connectivity index (χ0v) is 15.2. The fraction of sp³-hybridized carbons (Fsp3) is 0.222. The topological polar surface area (TPSA) is 96.9 Å². The highest BCUT2D eigenvalue weighted by Gasteiger charge is 2.15. The maximum atomic E-state index is 12.1. The molecule has 0 saturated carbocycles. The average Bonchev–Trinajstić information content (AvgIpc) is 2.60. The number of hydrogen-bond acceptors (Lipinski definition) is 6. The van der Waals surface area contributed by atoms with Crippen molar-refractivity contribution in [1.82, 2.24) is 0 Å². The molecule has 138 valence electrons. The van der Waals surface area contributed by atoms with Gasteiger partial charge in [-0.25, -0.2) is 0 Å². The summed E-state index contributed by atoms with van der Waals surface area (Å²) in [5, 5.41) is 14.4. The van der Waals surface area contributed by atoms with Crippen LogP contribution in [-0.2, 0) is 4.79 Å². The Morgan fingerprint density at radius 3 is 2.31 bits per heavy atom. The molecule has 26 heavy (non-hydrogen) atoms. The van der Waals surface area contributed by atoms with Gasteiger partial charge in [-0.2, -0.15) is 0 Å². The van der Waals surface area contributed by atoms with E-state index < -0.39 is 11.9 Å². The Morgan fingerprint density at radius 2 is 1.73 bits per heavy atom. The third-order valence-corrected chi connectivity index (χ3v) is 3.75. The van der Waals surface area contributed by atoms with E-state index in [0.29, 0.717) is 10.8 Å². The molecule has 8 heteroatoms. The number of carbonyl (C=O) groups excluding carboxylic acids is 2. The number of ether oxygens (including phenoxy) is 3. The second-order valence-electron chi connectivity index (χ2n) is 5.29. The van der Waals surface area contributed by atoms with Gasteiger partial charge < -0.3 is 29.4 Å². The number of aromatic carboxylic acids is 1. The molecule has 0 heterocycles.